The molecule has 4 aliphatic rings. The van der Waals surface area contributed by atoms with Crippen molar-refractivity contribution in [3.05, 3.63) is 41.6 Å². The Hall–Kier alpha value is -3.14. The van der Waals surface area contributed by atoms with Gasteiger partial charge in [-0.2, -0.15) is 10.2 Å². The molecule has 41 heavy (non-hydrogen) atoms. The van der Waals surface area contributed by atoms with Gasteiger partial charge in [-0.3, -0.25) is 0 Å². The van der Waals surface area contributed by atoms with Crippen LogP contribution in [0.5, 0.6) is 5.75 Å². The fraction of sp³-hybridized carbons (Fsp3) is 0.621. The predicted octanol–water partition coefficient (Wildman–Crippen LogP) is 4.14. The summed E-state index contributed by atoms with van der Waals surface area (Å²) in [6, 6.07) is 8.48. The predicted molar refractivity (Wildman–Crippen MR) is 146 cm³/mol. The molecule has 12 heteroatoms. The van der Waals surface area contributed by atoms with Crippen LogP contribution in [0.4, 0.5) is 24.9 Å². The molecule has 1 aromatic carbocycles. The van der Waals surface area contributed by atoms with Crippen molar-refractivity contribution in [1.29, 1.82) is 5.26 Å². The van der Waals surface area contributed by atoms with Gasteiger partial charge < -0.3 is 30.5 Å². The summed E-state index contributed by atoms with van der Waals surface area (Å²) in [5, 5.41) is 35.1. The third-order valence-electron chi connectivity index (χ3n) is 9.06. The number of nitriles is 1. The molecule has 1 heterocycles. The van der Waals surface area contributed by atoms with Gasteiger partial charge in [0.25, 0.3) is 0 Å². The maximum atomic E-state index is 12.8. The average molecular weight is 575 g/mol. The number of aliphatic hydroxyl groups is 2. The normalized spacial score (nSPS) is 27.5. The van der Waals surface area contributed by atoms with Crippen LogP contribution < -0.4 is 15.4 Å². The second kappa shape index (κ2) is 12.0. The minimum Gasteiger partial charge on any atom is -0.405 e. The van der Waals surface area contributed by atoms with E-state index in [-0.39, 0.29) is 30.3 Å². The van der Waals surface area contributed by atoms with Crippen molar-refractivity contribution < 1.29 is 28.1 Å². The average Bonchev–Trinajstić information content (AvgIpc) is 2.93. The summed E-state index contributed by atoms with van der Waals surface area (Å²) >= 11 is 0. The Morgan fingerprint density at radius 3 is 2.61 bits per heavy atom. The molecule has 3 unspecified atom stereocenters. The number of alkyl halides is 3. The highest BCUT2D eigenvalue weighted by Gasteiger charge is 2.56. The zero-order valence-electron chi connectivity index (χ0n) is 23.1. The number of ether oxygens (including phenoxy) is 1. The fourth-order valence-corrected chi connectivity index (χ4v) is 7.70. The lowest BCUT2D eigenvalue weighted by Gasteiger charge is -2.62. The number of hydrogen-bond acceptors (Lipinski definition) is 9. The Bertz CT molecular complexity index is 1240. The van der Waals surface area contributed by atoms with Gasteiger partial charge in [-0.25, -0.2) is 4.98 Å². The lowest BCUT2D eigenvalue weighted by atomic mass is 9.47. The summed E-state index contributed by atoms with van der Waals surface area (Å²) in [5.41, 5.74) is 0.713. The molecule has 0 saturated heterocycles. The van der Waals surface area contributed by atoms with Crippen LogP contribution in [0.2, 0.25) is 0 Å². The minimum atomic E-state index is -4.80. The summed E-state index contributed by atoms with van der Waals surface area (Å²) < 4.78 is 42.5. The number of para-hydroxylation sites is 1. The van der Waals surface area contributed by atoms with Crippen molar-refractivity contribution in [2.75, 3.05) is 37.4 Å². The Morgan fingerprint density at radius 2 is 1.93 bits per heavy atom. The first kappa shape index (κ1) is 29.4. The summed E-state index contributed by atoms with van der Waals surface area (Å²) in [7, 11) is 2.13. The minimum absolute atomic E-state index is 0.0107. The van der Waals surface area contributed by atoms with Crippen molar-refractivity contribution >= 4 is 11.8 Å². The van der Waals surface area contributed by atoms with E-state index in [2.05, 4.69) is 43.4 Å². The molecule has 4 fully saturated rings. The van der Waals surface area contributed by atoms with Crippen LogP contribution in [0.3, 0.4) is 0 Å². The van der Waals surface area contributed by atoms with Gasteiger partial charge in [-0.05, 0) is 74.8 Å². The van der Waals surface area contributed by atoms with E-state index in [1.807, 2.05) is 0 Å². The van der Waals surface area contributed by atoms with Gasteiger partial charge in [0.1, 0.15) is 23.2 Å². The quantitative estimate of drug-likeness (QED) is 0.296. The zero-order valence-corrected chi connectivity index (χ0v) is 23.1. The molecule has 4 aliphatic carbocycles. The second-order valence-electron chi connectivity index (χ2n) is 12.0. The molecule has 9 nitrogen and oxygen atoms in total. The van der Waals surface area contributed by atoms with Gasteiger partial charge in [0.2, 0.25) is 5.95 Å². The summed E-state index contributed by atoms with van der Waals surface area (Å²) in [4.78, 5) is 11.1. The summed E-state index contributed by atoms with van der Waals surface area (Å²) in [5.74, 6) is 2.12. The van der Waals surface area contributed by atoms with Crippen LogP contribution in [0.15, 0.2) is 30.5 Å². The number of nitrogens with one attached hydrogen (secondary N) is 2. The van der Waals surface area contributed by atoms with E-state index in [4.69, 9.17) is 0 Å². The smallest absolute Gasteiger partial charge is 0.405 e. The molecule has 0 aliphatic heterocycles. The molecule has 222 valence electrons. The van der Waals surface area contributed by atoms with Crippen LogP contribution in [-0.2, 0) is 6.54 Å². The van der Waals surface area contributed by atoms with Crippen molar-refractivity contribution in [1.82, 2.24) is 14.9 Å². The van der Waals surface area contributed by atoms with Crippen LogP contribution >= 0.6 is 0 Å². The monoisotopic (exact) mass is 574 g/mol. The molecule has 4 bridgehead atoms. The standard InChI is InChI=1S/C29H37F3N6O3/c1-38(7-6-23(40)16-39)25-20-8-18-9-21(25)12-28(10-18,11-20)17-36-26-22(13-33)15-35-27(37-26)34-14-19-4-2-3-5-24(19)41-29(30,31)32/h2-5,15,18,20-21,23,25,39-40H,6-12,14,16-17H2,1H3,(H2,34,35,36,37)/t18?,20-,21+,23-,25?,28?/m0/s1. The number of halogens is 3. The molecule has 0 radical (unpaired) electrons. The first-order chi connectivity index (χ1) is 19.6. The Labute approximate surface area is 237 Å². The van der Waals surface area contributed by atoms with Gasteiger partial charge in [0, 0.05) is 31.2 Å². The Balaban J connectivity index is 1.23. The molecular weight excluding hydrogens is 537 g/mol. The molecule has 0 amide bonds. The number of nitrogens with zero attached hydrogens (tertiary/aromatic N) is 4. The van der Waals surface area contributed by atoms with E-state index in [0.717, 1.165) is 25.8 Å². The summed E-state index contributed by atoms with van der Waals surface area (Å²) in [6.07, 6.45) is 2.21. The van der Waals surface area contributed by atoms with Gasteiger partial charge in [-0.1, -0.05) is 18.2 Å². The topological polar surface area (TPSA) is 127 Å². The van der Waals surface area contributed by atoms with Crippen molar-refractivity contribution in [3.63, 3.8) is 0 Å². The highest BCUT2D eigenvalue weighted by molar-refractivity contribution is 5.53. The van der Waals surface area contributed by atoms with Gasteiger partial charge in [0.05, 0.1) is 18.9 Å². The van der Waals surface area contributed by atoms with Crippen LogP contribution in [0.25, 0.3) is 0 Å². The number of hydrogen-bond donors (Lipinski definition) is 4. The molecule has 2 aromatic rings. The van der Waals surface area contributed by atoms with Crippen LogP contribution in [-0.4, -0.2) is 70.3 Å². The zero-order chi connectivity index (χ0) is 29.2. The fourth-order valence-electron chi connectivity index (χ4n) is 7.70. The number of aliphatic hydroxyl groups excluding tert-OH is 2. The van der Waals surface area contributed by atoms with Gasteiger partial charge in [-0.15, -0.1) is 13.2 Å². The van der Waals surface area contributed by atoms with E-state index in [1.54, 1.807) is 6.07 Å². The van der Waals surface area contributed by atoms with Crippen molar-refractivity contribution in [3.8, 4) is 11.8 Å². The number of benzene rings is 1. The molecule has 4 saturated carbocycles. The summed E-state index contributed by atoms with van der Waals surface area (Å²) in [6.45, 7) is 1.23. The molecular formula is C29H37F3N6O3. The number of anilines is 2. The van der Waals surface area contributed by atoms with Crippen molar-refractivity contribution in [2.45, 2.75) is 63.6 Å². The van der Waals surface area contributed by atoms with E-state index in [0.29, 0.717) is 53.7 Å². The second-order valence-corrected chi connectivity index (χ2v) is 12.0. The molecule has 6 atom stereocenters. The molecule has 0 spiro atoms. The highest BCUT2D eigenvalue weighted by Crippen LogP contribution is 2.61. The van der Waals surface area contributed by atoms with Crippen LogP contribution in [0.1, 0.15) is 49.7 Å². The maximum absolute atomic E-state index is 12.8. The lowest BCUT2D eigenvalue weighted by Crippen LogP contribution is -2.60. The Morgan fingerprint density at radius 1 is 1.20 bits per heavy atom. The first-order valence-electron chi connectivity index (χ1n) is 14.2. The van der Waals surface area contributed by atoms with E-state index >= 15 is 0 Å². The first-order valence-corrected chi connectivity index (χ1v) is 14.2. The molecule has 6 rings (SSSR count). The van der Waals surface area contributed by atoms with Gasteiger partial charge in [0.15, 0.2) is 0 Å². The third kappa shape index (κ3) is 6.85. The van der Waals surface area contributed by atoms with Gasteiger partial charge >= 0.3 is 6.36 Å². The number of aromatic nitrogens is 2. The lowest BCUT2D eigenvalue weighted by molar-refractivity contribution is -0.274. The third-order valence-corrected chi connectivity index (χ3v) is 9.06. The van der Waals surface area contributed by atoms with Crippen molar-refractivity contribution in [2.24, 2.45) is 23.2 Å². The van der Waals surface area contributed by atoms with E-state index < -0.39 is 12.5 Å². The Kier molecular flexibility index (Phi) is 8.59. The van der Waals surface area contributed by atoms with E-state index in [1.165, 1.54) is 37.2 Å². The van der Waals surface area contributed by atoms with Crippen LogP contribution in [0, 0.1) is 34.5 Å². The largest absolute Gasteiger partial charge is 0.573 e. The molecule has 4 N–H and O–H groups in total. The SMILES string of the molecule is CN(CC[C@H](O)CO)C1[C@@H]2CC3C[C@H]1CC(CNc1nc(NCc4ccccc4OC(F)(F)F)ncc1C#N)(C3)C2. The molecule has 1 aromatic heterocycles. The maximum Gasteiger partial charge on any atom is 0.573 e. The van der Waals surface area contributed by atoms with E-state index in [9.17, 15) is 28.6 Å². The number of rotatable bonds is 12. The highest BCUT2D eigenvalue weighted by atomic mass is 19.4.